The number of nitrogens with zero attached hydrogens (tertiary/aromatic N) is 5. The fourth-order valence-electron chi connectivity index (χ4n) is 3.05. The maximum absolute atomic E-state index is 9.44. The predicted octanol–water partition coefficient (Wildman–Crippen LogP) is 6.23. The van der Waals surface area contributed by atoms with Gasteiger partial charge in [0.25, 0.3) is 0 Å². The van der Waals surface area contributed by atoms with Gasteiger partial charge in [-0.25, -0.2) is 0 Å². The van der Waals surface area contributed by atoms with E-state index in [0.29, 0.717) is 6.54 Å². The first kappa shape index (κ1) is 29.7. The monoisotopic (exact) mass is 551 g/mol. The van der Waals surface area contributed by atoms with E-state index in [9.17, 15) is 4.79 Å². The van der Waals surface area contributed by atoms with Crippen LogP contribution in [0.4, 0.5) is 0 Å². The lowest BCUT2D eigenvalue weighted by molar-refractivity contribution is -0.114. The third-order valence-electron chi connectivity index (χ3n) is 4.26. The van der Waals surface area contributed by atoms with Crippen molar-refractivity contribution in [1.29, 1.82) is 0 Å². The molecule has 0 atom stereocenters. The molecule has 0 saturated carbocycles. The number of benzene rings is 1. The first-order valence-electron chi connectivity index (χ1n) is 11.0. The van der Waals surface area contributed by atoms with Crippen molar-refractivity contribution < 1.29 is 4.79 Å². The summed E-state index contributed by atoms with van der Waals surface area (Å²) in [5.74, 6) is 1.95. The SMILES string of the molecule is CC.CC(C)=O.CCC.Cc1c2c(cn1C)-n1c(C)nnc1CN=C2c1ccccc1.I. The summed E-state index contributed by atoms with van der Waals surface area (Å²) < 4.78 is 4.25. The smallest absolute Gasteiger partial charge is 0.159 e. The number of Topliss-reactive ketones (excluding diaryl/α,β-unsaturated/α-hetero) is 1. The molecule has 176 valence electrons. The van der Waals surface area contributed by atoms with Gasteiger partial charge in [0.05, 0.1) is 11.4 Å². The molecule has 0 unspecified atom stereocenters. The Labute approximate surface area is 210 Å². The highest BCUT2D eigenvalue weighted by Gasteiger charge is 2.25. The lowest BCUT2D eigenvalue weighted by Gasteiger charge is -2.09. The highest BCUT2D eigenvalue weighted by atomic mass is 127. The minimum atomic E-state index is 0. The summed E-state index contributed by atoms with van der Waals surface area (Å²) in [7, 11) is 2.06. The number of rotatable bonds is 1. The second-order valence-electron chi connectivity index (χ2n) is 7.23. The van der Waals surface area contributed by atoms with Crippen LogP contribution in [-0.4, -0.2) is 30.8 Å². The third kappa shape index (κ3) is 7.39. The van der Waals surface area contributed by atoms with E-state index in [1.54, 1.807) is 0 Å². The van der Waals surface area contributed by atoms with Crippen LogP contribution in [0.15, 0.2) is 41.5 Å². The van der Waals surface area contributed by atoms with E-state index in [1.807, 2.05) is 39.0 Å². The lowest BCUT2D eigenvalue weighted by atomic mass is 10.0. The number of hydrogen-bond acceptors (Lipinski definition) is 4. The molecule has 0 spiro atoms. The second-order valence-corrected chi connectivity index (χ2v) is 7.23. The molecule has 0 aliphatic carbocycles. The van der Waals surface area contributed by atoms with E-state index in [1.165, 1.54) is 26.0 Å². The Kier molecular flexibility index (Phi) is 13.7. The summed E-state index contributed by atoms with van der Waals surface area (Å²) in [5.41, 5.74) is 5.62. The van der Waals surface area contributed by atoms with Crippen LogP contribution in [0.3, 0.4) is 0 Å². The van der Waals surface area contributed by atoms with Crippen LogP contribution in [-0.2, 0) is 18.4 Å². The normalized spacial score (nSPS) is 10.7. The van der Waals surface area contributed by atoms with E-state index < -0.39 is 0 Å². The molecule has 32 heavy (non-hydrogen) atoms. The van der Waals surface area contributed by atoms with Crippen LogP contribution < -0.4 is 0 Å². The number of carbonyl (C=O) groups excluding carboxylic acids is 1. The van der Waals surface area contributed by atoms with Gasteiger partial charge >= 0.3 is 0 Å². The van der Waals surface area contributed by atoms with Crippen LogP contribution in [0, 0.1) is 13.8 Å². The van der Waals surface area contributed by atoms with Crippen LogP contribution in [0.2, 0.25) is 0 Å². The van der Waals surface area contributed by atoms with E-state index in [0.717, 1.165) is 34.2 Å². The highest BCUT2D eigenvalue weighted by molar-refractivity contribution is 14.0. The average molecular weight is 552 g/mol. The van der Waals surface area contributed by atoms with Crippen molar-refractivity contribution in [3.05, 3.63) is 65.0 Å². The van der Waals surface area contributed by atoms with Crippen LogP contribution in [0.5, 0.6) is 0 Å². The summed E-state index contributed by atoms with van der Waals surface area (Å²) in [5, 5.41) is 8.49. The van der Waals surface area contributed by atoms with Gasteiger partial charge in [0.2, 0.25) is 0 Å². The molecular formula is C25H38IN5O. The number of fused-ring (bicyclic) bond motifs is 3. The number of carbonyl (C=O) groups is 1. The number of aliphatic imine (C=N–C) groups is 1. The average Bonchev–Trinajstić information content (AvgIpc) is 3.18. The van der Waals surface area contributed by atoms with Crippen molar-refractivity contribution in [1.82, 2.24) is 19.3 Å². The molecule has 1 aliphatic heterocycles. The van der Waals surface area contributed by atoms with Crippen LogP contribution in [0.25, 0.3) is 5.69 Å². The summed E-state index contributed by atoms with van der Waals surface area (Å²) in [6.45, 7) is 16.0. The Morgan fingerprint density at radius 1 is 1.03 bits per heavy atom. The van der Waals surface area contributed by atoms with E-state index in [4.69, 9.17) is 4.99 Å². The Hall–Kier alpha value is -2.29. The molecule has 2 aromatic heterocycles. The molecule has 6 nitrogen and oxygen atoms in total. The van der Waals surface area contributed by atoms with Gasteiger partial charge in [-0.15, -0.1) is 34.2 Å². The van der Waals surface area contributed by atoms with Crippen molar-refractivity contribution in [3.63, 3.8) is 0 Å². The van der Waals surface area contributed by atoms with Gasteiger partial charge in [0.1, 0.15) is 18.2 Å². The van der Waals surface area contributed by atoms with Gasteiger partial charge in [-0.05, 0) is 27.7 Å². The zero-order valence-electron chi connectivity index (χ0n) is 20.9. The maximum Gasteiger partial charge on any atom is 0.159 e. The molecule has 0 fully saturated rings. The molecule has 0 amide bonds. The quantitative estimate of drug-likeness (QED) is 0.337. The van der Waals surface area contributed by atoms with Crippen LogP contribution >= 0.6 is 24.0 Å². The van der Waals surface area contributed by atoms with Crippen molar-refractivity contribution in [2.24, 2.45) is 12.0 Å². The molecule has 1 aromatic carbocycles. The van der Waals surface area contributed by atoms with Gasteiger partial charge in [-0.2, -0.15) is 0 Å². The number of ketones is 1. The van der Waals surface area contributed by atoms with Gasteiger partial charge in [0, 0.05) is 30.1 Å². The molecule has 0 bridgehead atoms. The van der Waals surface area contributed by atoms with Gasteiger partial charge in [-0.3, -0.25) is 9.56 Å². The fourth-order valence-corrected chi connectivity index (χ4v) is 3.05. The first-order valence-corrected chi connectivity index (χ1v) is 11.0. The van der Waals surface area contributed by atoms with Gasteiger partial charge in [-0.1, -0.05) is 64.4 Å². The topological polar surface area (TPSA) is 65.1 Å². The molecule has 1 aliphatic rings. The number of aromatic nitrogens is 4. The van der Waals surface area contributed by atoms with Gasteiger partial charge < -0.3 is 9.36 Å². The predicted molar refractivity (Wildman–Crippen MR) is 145 cm³/mol. The standard InChI is InChI=1S/C17H17N5.C3H6O.C3H8.C2H6.HI/c1-11-16-14(10-21(11)3)22-12(2)19-20-15(22)9-18-17(16)13-7-5-4-6-8-13;1-3(2)4;1-3-2;1-2;/h4-8,10H,9H2,1-3H3;1-2H3;3H2,1-2H3;1-2H3;1H. The number of hydrogen-bond donors (Lipinski definition) is 0. The molecule has 4 rings (SSSR count). The minimum absolute atomic E-state index is 0. The summed E-state index contributed by atoms with van der Waals surface area (Å²) in [6, 6.07) is 10.3. The molecule has 0 radical (unpaired) electrons. The lowest BCUT2D eigenvalue weighted by Crippen LogP contribution is -2.07. The maximum atomic E-state index is 9.44. The molecule has 0 N–H and O–H groups in total. The summed E-state index contributed by atoms with van der Waals surface area (Å²) >= 11 is 0. The van der Waals surface area contributed by atoms with Crippen molar-refractivity contribution in [2.75, 3.05) is 0 Å². The van der Waals surface area contributed by atoms with E-state index in [-0.39, 0.29) is 29.8 Å². The fraction of sp³-hybridized carbons (Fsp3) is 0.440. The molecule has 3 aromatic rings. The first-order chi connectivity index (χ1) is 14.8. The van der Waals surface area contributed by atoms with Crippen molar-refractivity contribution in [3.8, 4) is 5.69 Å². The molecule has 3 heterocycles. The van der Waals surface area contributed by atoms with Crippen LogP contribution in [0.1, 0.15) is 76.4 Å². The van der Waals surface area contributed by atoms with Crippen molar-refractivity contribution >= 4 is 35.5 Å². The Morgan fingerprint density at radius 3 is 2.09 bits per heavy atom. The molecule has 7 heteroatoms. The summed E-state index contributed by atoms with van der Waals surface area (Å²) in [6.07, 6.45) is 3.38. The Bertz CT molecular complexity index is 999. The number of aryl methyl sites for hydroxylation is 2. The zero-order chi connectivity index (χ0) is 23.6. The van der Waals surface area contributed by atoms with E-state index in [2.05, 4.69) is 65.5 Å². The van der Waals surface area contributed by atoms with Gasteiger partial charge in [0.15, 0.2) is 5.82 Å². The zero-order valence-corrected chi connectivity index (χ0v) is 23.3. The highest BCUT2D eigenvalue weighted by Crippen LogP contribution is 2.29. The van der Waals surface area contributed by atoms with E-state index >= 15 is 0 Å². The van der Waals surface area contributed by atoms with Crippen molar-refractivity contribution in [2.45, 2.75) is 68.4 Å². The largest absolute Gasteiger partial charge is 0.352 e. The molecule has 0 saturated heterocycles. The third-order valence-corrected chi connectivity index (χ3v) is 4.26. The minimum Gasteiger partial charge on any atom is -0.352 e. The molecular weight excluding hydrogens is 513 g/mol. The number of halogens is 1. The Balaban J connectivity index is 0.000000840. The Morgan fingerprint density at radius 2 is 1.56 bits per heavy atom. The second kappa shape index (κ2) is 14.7. The summed E-state index contributed by atoms with van der Waals surface area (Å²) in [4.78, 5) is 14.3.